The fourth-order valence-corrected chi connectivity index (χ4v) is 3.20. The zero-order valence-corrected chi connectivity index (χ0v) is 15.8. The van der Waals surface area contributed by atoms with Gasteiger partial charge in [-0.1, -0.05) is 0 Å². The van der Waals surface area contributed by atoms with Gasteiger partial charge in [0, 0.05) is 34.4 Å². The first-order valence-corrected chi connectivity index (χ1v) is 8.78. The molecule has 0 spiro atoms. The maximum Gasteiger partial charge on any atom is 0.410 e. The lowest BCUT2D eigenvalue weighted by molar-refractivity contribution is 0.0297. The summed E-state index contributed by atoms with van der Waals surface area (Å²) in [4.78, 5) is 14.7. The van der Waals surface area contributed by atoms with Crippen LogP contribution < -0.4 is 5.32 Å². The van der Waals surface area contributed by atoms with E-state index in [0.717, 1.165) is 17.4 Å². The summed E-state index contributed by atoms with van der Waals surface area (Å²) in [6, 6.07) is 2.46. The summed E-state index contributed by atoms with van der Waals surface area (Å²) < 4.78 is 6.44. The maximum atomic E-state index is 11.8. The number of ether oxygens (including phenoxy) is 1. The minimum atomic E-state index is -0.440. The summed E-state index contributed by atoms with van der Waals surface area (Å²) in [5, 5.41) is 5.55. The first-order valence-electron chi connectivity index (χ1n) is 7.10. The van der Waals surface area contributed by atoms with Gasteiger partial charge in [-0.3, -0.25) is 0 Å². The van der Waals surface area contributed by atoms with E-state index in [0.29, 0.717) is 12.6 Å². The summed E-state index contributed by atoms with van der Waals surface area (Å²) in [6.45, 7) is 9.33. The van der Waals surface area contributed by atoms with Crippen molar-refractivity contribution < 1.29 is 9.53 Å². The van der Waals surface area contributed by atoms with E-state index < -0.39 is 5.60 Å². The molecule has 1 atom stereocenters. The highest BCUT2D eigenvalue weighted by atomic mass is 79.9. The van der Waals surface area contributed by atoms with E-state index in [4.69, 9.17) is 4.74 Å². The lowest BCUT2D eigenvalue weighted by atomic mass is 10.2. The van der Waals surface area contributed by atoms with Crippen molar-refractivity contribution in [2.24, 2.45) is 0 Å². The van der Waals surface area contributed by atoms with Crippen LogP contribution in [0.25, 0.3) is 0 Å². The highest BCUT2D eigenvalue weighted by Gasteiger charge is 2.19. The molecule has 1 aromatic rings. The molecule has 0 saturated heterocycles. The van der Waals surface area contributed by atoms with E-state index in [2.05, 4.69) is 39.6 Å². The minimum Gasteiger partial charge on any atom is -0.444 e. The predicted octanol–water partition coefficient (Wildman–Crippen LogP) is 4.42. The summed E-state index contributed by atoms with van der Waals surface area (Å²) in [7, 11) is 1.77. The third kappa shape index (κ3) is 7.29. The molecular weight excluding hydrogens is 352 g/mol. The number of carbonyl (C=O) groups excluding carboxylic acids is 1. The Morgan fingerprint density at radius 3 is 2.71 bits per heavy atom. The summed E-state index contributed by atoms with van der Waals surface area (Å²) in [6.07, 6.45) is 0.629. The smallest absolute Gasteiger partial charge is 0.410 e. The fraction of sp³-hybridized carbons (Fsp3) is 0.667. The number of nitrogens with zero attached hydrogens (tertiary/aromatic N) is 1. The Balaban J connectivity index is 2.23. The van der Waals surface area contributed by atoms with Crippen LogP contribution in [0.15, 0.2) is 15.9 Å². The van der Waals surface area contributed by atoms with Crippen LogP contribution in [0, 0.1) is 0 Å². The molecule has 1 heterocycles. The number of thiophene rings is 1. The topological polar surface area (TPSA) is 41.6 Å². The number of carbonyl (C=O) groups is 1. The molecule has 0 fully saturated rings. The van der Waals surface area contributed by atoms with Crippen LogP contribution >= 0.6 is 27.3 Å². The van der Waals surface area contributed by atoms with Gasteiger partial charge < -0.3 is 15.0 Å². The maximum absolute atomic E-state index is 11.8. The van der Waals surface area contributed by atoms with E-state index in [1.165, 1.54) is 4.88 Å². The Bertz CT molecular complexity index is 457. The number of hydrogen-bond acceptors (Lipinski definition) is 4. The molecule has 120 valence electrons. The van der Waals surface area contributed by atoms with Crippen molar-refractivity contribution in [3.05, 3.63) is 20.8 Å². The normalized spacial score (nSPS) is 13.0. The molecular formula is C15H25BrN2O2S. The van der Waals surface area contributed by atoms with Crippen molar-refractivity contribution in [3.63, 3.8) is 0 Å². The number of amides is 1. The van der Waals surface area contributed by atoms with E-state index >= 15 is 0 Å². The molecule has 1 rings (SSSR count). The Labute approximate surface area is 140 Å². The van der Waals surface area contributed by atoms with Crippen molar-refractivity contribution in [3.8, 4) is 0 Å². The second-order valence-electron chi connectivity index (χ2n) is 6.10. The van der Waals surface area contributed by atoms with Crippen LogP contribution in [0.1, 0.15) is 45.0 Å². The second kappa shape index (κ2) is 8.15. The predicted molar refractivity (Wildman–Crippen MR) is 91.9 cm³/mol. The van der Waals surface area contributed by atoms with Gasteiger partial charge in [0.25, 0.3) is 0 Å². The van der Waals surface area contributed by atoms with Crippen molar-refractivity contribution in [1.82, 2.24) is 10.2 Å². The molecule has 0 aliphatic heterocycles. The molecule has 1 unspecified atom stereocenters. The summed E-state index contributed by atoms with van der Waals surface area (Å²) in [5.41, 5.74) is -0.440. The van der Waals surface area contributed by atoms with Crippen LogP contribution in [0.4, 0.5) is 4.79 Å². The van der Waals surface area contributed by atoms with Crippen molar-refractivity contribution in [2.45, 2.75) is 45.8 Å². The fourth-order valence-electron chi connectivity index (χ4n) is 1.72. The average molecular weight is 377 g/mol. The summed E-state index contributed by atoms with van der Waals surface area (Å²) in [5.74, 6) is 0. The third-order valence-electron chi connectivity index (χ3n) is 2.84. The van der Waals surface area contributed by atoms with Gasteiger partial charge in [-0.2, -0.15) is 0 Å². The largest absolute Gasteiger partial charge is 0.444 e. The van der Waals surface area contributed by atoms with Gasteiger partial charge in [-0.15, -0.1) is 11.3 Å². The Morgan fingerprint density at radius 2 is 2.19 bits per heavy atom. The molecule has 1 amide bonds. The molecule has 1 aromatic heterocycles. The highest BCUT2D eigenvalue weighted by Crippen LogP contribution is 2.25. The number of nitrogens with one attached hydrogen (secondary N) is 1. The Hall–Kier alpha value is -0.590. The lowest BCUT2D eigenvalue weighted by Crippen LogP contribution is -2.35. The van der Waals surface area contributed by atoms with E-state index in [-0.39, 0.29) is 6.09 Å². The monoisotopic (exact) mass is 376 g/mol. The van der Waals surface area contributed by atoms with Gasteiger partial charge in [-0.05, 0) is 62.7 Å². The van der Waals surface area contributed by atoms with Crippen LogP contribution in [0.3, 0.4) is 0 Å². The molecule has 1 N–H and O–H groups in total. The van der Waals surface area contributed by atoms with E-state index in [9.17, 15) is 4.79 Å². The van der Waals surface area contributed by atoms with Crippen molar-refractivity contribution in [2.75, 3.05) is 20.1 Å². The molecule has 0 aromatic carbocycles. The van der Waals surface area contributed by atoms with Crippen molar-refractivity contribution >= 4 is 33.4 Å². The van der Waals surface area contributed by atoms with Gasteiger partial charge in [0.15, 0.2) is 0 Å². The molecule has 0 radical (unpaired) electrons. The van der Waals surface area contributed by atoms with E-state index in [1.807, 2.05) is 20.8 Å². The minimum absolute atomic E-state index is 0.266. The van der Waals surface area contributed by atoms with Gasteiger partial charge >= 0.3 is 6.09 Å². The Morgan fingerprint density at radius 1 is 1.52 bits per heavy atom. The molecule has 4 nitrogen and oxygen atoms in total. The van der Waals surface area contributed by atoms with Gasteiger partial charge in [0.05, 0.1) is 0 Å². The number of rotatable bonds is 6. The molecule has 0 saturated carbocycles. The van der Waals surface area contributed by atoms with Gasteiger partial charge in [0.2, 0.25) is 0 Å². The number of halogens is 1. The second-order valence-corrected chi connectivity index (χ2v) is 7.96. The van der Waals surface area contributed by atoms with Crippen LogP contribution in [-0.2, 0) is 4.74 Å². The van der Waals surface area contributed by atoms with Crippen LogP contribution in [-0.4, -0.2) is 36.7 Å². The molecule has 0 aliphatic rings. The van der Waals surface area contributed by atoms with Crippen LogP contribution in [0.5, 0.6) is 0 Å². The van der Waals surface area contributed by atoms with Gasteiger partial charge in [0.1, 0.15) is 5.60 Å². The molecule has 6 heteroatoms. The van der Waals surface area contributed by atoms with Crippen LogP contribution in [0.2, 0.25) is 0 Å². The third-order valence-corrected chi connectivity index (χ3v) is 4.72. The average Bonchev–Trinajstić information content (AvgIpc) is 2.78. The standard InChI is InChI=1S/C15H25BrN2O2S/c1-11(13-9-12(16)10-21-13)17-7-6-8-18(5)14(19)20-15(2,3)4/h9-11,17H,6-8H2,1-5H3. The number of hydrogen-bond donors (Lipinski definition) is 1. The van der Waals surface area contributed by atoms with Crippen molar-refractivity contribution in [1.29, 1.82) is 0 Å². The SMILES string of the molecule is CC(NCCCN(C)C(=O)OC(C)(C)C)c1cc(Br)cs1. The first-order chi connectivity index (χ1) is 9.69. The Kier molecular flexibility index (Phi) is 7.16. The van der Waals surface area contributed by atoms with Gasteiger partial charge in [-0.25, -0.2) is 4.79 Å². The first kappa shape index (κ1) is 18.5. The van der Waals surface area contributed by atoms with E-state index in [1.54, 1.807) is 23.3 Å². The molecule has 0 bridgehead atoms. The lowest BCUT2D eigenvalue weighted by Gasteiger charge is -2.24. The zero-order chi connectivity index (χ0) is 16.0. The highest BCUT2D eigenvalue weighted by molar-refractivity contribution is 9.10. The summed E-state index contributed by atoms with van der Waals surface area (Å²) >= 11 is 5.21. The molecule has 21 heavy (non-hydrogen) atoms. The molecule has 0 aliphatic carbocycles. The quantitative estimate of drug-likeness (QED) is 0.747. The zero-order valence-electron chi connectivity index (χ0n) is 13.4.